The average Bonchev–Trinajstić information content (AvgIpc) is 2.47. The van der Waals surface area contributed by atoms with E-state index < -0.39 is 5.82 Å². The van der Waals surface area contributed by atoms with E-state index in [0.717, 1.165) is 5.56 Å². The van der Waals surface area contributed by atoms with E-state index in [2.05, 4.69) is 0 Å². The number of carbonyl (C=O) groups is 1. The maximum Gasteiger partial charge on any atom is 0.223 e. The van der Waals surface area contributed by atoms with E-state index in [1.165, 1.54) is 17.9 Å². The third kappa shape index (κ3) is 1.23. The third-order valence-electron chi connectivity index (χ3n) is 2.42. The summed E-state index contributed by atoms with van der Waals surface area (Å²) in [6.45, 7) is 1.98. The van der Waals surface area contributed by atoms with E-state index in [4.69, 9.17) is 5.73 Å². The molecule has 2 rings (SSSR count). The molecule has 14 heavy (non-hydrogen) atoms. The number of nitrogens with zero attached hydrogens (tertiary/aromatic N) is 1. The van der Waals surface area contributed by atoms with Gasteiger partial charge in [0.25, 0.3) is 0 Å². The summed E-state index contributed by atoms with van der Waals surface area (Å²) >= 11 is 0. The van der Waals surface area contributed by atoms with E-state index >= 15 is 0 Å². The Morgan fingerprint density at radius 2 is 2.29 bits per heavy atom. The predicted molar refractivity (Wildman–Crippen MR) is 52.5 cm³/mol. The van der Waals surface area contributed by atoms with Gasteiger partial charge in [-0.15, -0.1) is 0 Å². The minimum absolute atomic E-state index is 0.132. The lowest BCUT2D eigenvalue weighted by Crippen LogP contribution is -2.26. The van der Waals surface area contributed by atoms with Crippen LogP contribution in [0, 0.1) is 5.82 Å². The van der Waals surface area contributed by atoms with Crippen molar-refractivity contribution in [2.75, 3.05) is 17.2 Å². The van der Waals surface area contributed by atoms with Gasteiger partial charge in [0.15, 0.2) is 0 Å². The van der Waals surface area contributed by atoms with Crippen LogP contribution >= 0.6 is 0 Å². The highest BCUT2D eigenvalue weighted by Gasteiger charge is 2.25. The second kappa shape index (κ2) is 2.97. The van der Waals surface area contributed by atoms with Crippen molar-refractivity contribution in [3.63, 3.8) is 0 Å². The first-order valence-corrected chi connectivity index (χ1v) is 4.45. The van der Waals surface area contributed by atoms with Gasteiger partial charge < -0.3 is 10.6 Å². The molecule has 1 aromatic rings. The Morgan fingerprint density at radius 1 is 1.57 bits per heavy atom. The normalized spacial score (nSPS) is 14.3. The Bertz CT molecular complexity index is 403. The quantitative estimate of drug-likeness (QED) is 0.633. The average molecular weight is 194 g/mol. The lowest BCUT2D eigenvalue weighted by atomic mass is 10.1. The van der Waals surface area contributed by atoms with E-state index in [1.807, 2.05) is 0 Å². The number of fused-ring (bicyclic) bond motifs is 1. The third-order valence-corrected chi connectivity index (χ3v) is 2.42. The van der Waals surface area contributed by atoms with Crippen LogP contribution in [0.5, 0.6) is 0 Å². The fraction of sp³-hybridized carbons (Fsp3) is 0.300. The van der Waals surface area contributed by atoms with Crippen molar-refractivity contribution < 1.29 is 9.18 Å². The molecular weight excluding hydrogens is 183 g/mol. The van der Waals surface area contributed by atoms with Crippen LogP contribution in [0.3, 0.4) is 0 Å². The molecule has 4 heteroatoms. The number of nitrogen functional groups attached to an aromatic ring is 1. The SMILES string of the molecule is CC(=O)N1CCc2cc(N)cc(F)c21. The number of rotatable bonds is 0. The summed E-state index contributed by atoms with van der Waals surface area (Å²) in [5.74, 6) is -0.542. The largest absolute Gasteiger partial charge is 0.399 e. The number of anilines is 2. The Morgan fingerprint density at radius 3 is 2.93 bits per heavy atom. The zero-order valence-electron chi connectivity index (χ0n) is 7.88. The summed E-state index contributed by atoms with van der Waals surface area (Å²) < 4.78 is 13.5. The van der Waals surface area contributed by atoms with E-state index in [9.17, 15) is 9.18 Å². The molecule has 0 radical (unpaired) electrons. The number of amides is 1. The molecule has 0 saturated carbocycles. The molecule has 0 unspecified atom stereocenters. The minimum Gasteiger partial charge on any atom is -0.399 e. The summed E-state index contributed by atoms with van der Waals surface area (Å²) in [6, 6.07) is 2.97. The fourth-order valence-corrected chi connectivity index (χ4v) is 1.83. The lowest BCUT2D eigenvalue weighted by molar-refractivity contribution is -0.116. The highest BCUT2D eigenvalue weighted by Crippen LogP contribution is 2.32. The standard InChI is InChI=1S/C10H11FN2O/c1-6(14)13-3-2-7-4-8(12)5-9(11)10(7)13/h4-5H,2-3,12H2,1H3. The Kier molecular flexibility index (Phi) is 1.91. The number of nitrogens with two attached hydrogens (primary N) is 1. The van der Waals surface area contributed by atoms with Crippen LogP contribution in [0.4, 0.5) is 15.8 Å². The number of halogens is 1. The van der Waals surface area contributed by atoms with Crippen molar-refractivity contribution in [1.29, 1.82) is 0 Å². The molecule has 1 aromatic carbocycles. The molecule has 1 aliphatic rings. The van der Waals surface area contributed by atoms with Gasteiger partial charge in [0.05, 0.1) is 5.69 Å². The molecule has 3 nitrogen and oxygen atoms in total. The monoisotopic (exact) mass is 194 g/mol. The molecule has 0 fully saturated rings. The van der Waals surface area contributed by atoms with Crippen LogP contribution in [0.25, 0.3) is 0 Å². The second-order valence-electron chi connectivity index (χ2n) is 3.43. The zero-order chi connectivity index (χ0) is 10.3. The molecule has 0 bridgehead atoms. The predicted octanol–water partition coefficient (Wildman–Crippen LogP) is 1.32. The van der Waals surface area contributed by atoms with Crippen molar-refractivity contribution in [1.82, 2.24) is 0 Å². The van der Waals surface area contributed by atoms with Crippen molar-refractivity contribution >= 4 is 17.3 Å². The van der Waals surface area contributed by atoms with E-state index in [0.29, 0.717) is 24.3 Å². The molecule has 74 valence electrons. The summed E-state index contributed by atoms with van der Waals surface area (Å²) in [6.07, 6.45) is 0.677. The second-order valence-corrected chi connectivity index (χ2v) is 3.43. The number of carbonyl (C=O) groups excluding carboxylic acids is 1. The highest BCUT2D eigenvalue weighted by molar-refractivity contribution is 5.94. The van der Waals surface area contributed by atoms with Gasteiger partial charge in [-0.05, 0) is 24.1 Å². The van der Waals surface area contributed by atoms with Gasteiger partial charge in [-0.2, -0.15) is 0 Å². The van der Waals surface area contributed by atoms with Crippen LogP contribution in [0.1, 0.15) is 12.5 Å². The molecular formula is C10H11FN2O. The summed E-state index contributed by atoms with van der Waals surface area (Å²) in [4.78, 5) is 12.6. The fourth-order valence-electron chi connectivity index (χ4n) is 1.83. The summed E-state index contributed by atoms with van der Waals surface area (Å²) in [5.41, 5.74) is 7.13. The molecule has 2 N–H and O–H groups in total. The van der Waals surface area contributed by atoms with Gasteiger partial charge in [-0.25, -0.2) is 4.39 Å². The molecule has 1 amide bonds. The first-order chi connectivity index (χ1) is 6.59. The molecule has 0 saturated heterocycles. The van der Waals surface area contributed by atoms with Gasteiger partial charge in [-0.1, -0.05) is 0 Å². The van der Waals surface area contributed by atoms with Crippen molar-refractivity contribution in [2.24, 2.45) is 0 Å². The number of benzene rings is 1. The van der Waals surface area contributed by atoms with Crippen LogP contribution in [-0.2, 0) is 11.2 Å². The van der Waals surface area contributed by atoms with E-state index in [1.54, 1.807) is 6.07 Å². The lowest BCUT2D eigenvalue weighted by Gasteiger charge is -2.15. The van der Waals surface area contributed by atoms with Crippen molar-refractivity contribution in [2.45, 2.75) is 13.3 Å². The van der Waals surface area contributed by atoms with Gasteiger partial charge in [0.2, 0.25) is 5.91 Å². The van der Waals surface area contributed by atoms with Crippen LogP contribution in [0.2, 0.25) is 0 Å². The first-order valence-electron chi connectivity index (χ1n) is 4.45. The van der Waals surface area contributed by atoms with Gasteiger partial charge in [0, 0.05) is 19.2 Å². The maximum absolute atomic E-state index is 13.5. The Labute approximate surface area is 81.3 Å². The minimum atomic E-state index is -0.410. The molecule has 1 aliphatic heterocycles. The van der Waals surface area contributed by atoms with Gasteiger partial charge in [0.1, 0.15) is 5.82 Å². The first kappa shape index (κ1) is 8.99. The number of hydrogen-bond donors (Lipinski definition) is 1. The van der Waals surface area contributed by atoms with Crippen LogP contribution < -0.4 is 10.6 Å². The Balaban J connectivity index is 2.54. The van der Waals surface area contributed by atoms with Gasteiger partial charge >= 0.3 is 0 Å². The molecule has 0 spiro atoms. The Hall–Kier alpha value is -1.58. The molecule has 0 aliphatic carbocycles. The van der Waals surface area contributed by atoms with Crippen molar-refractivity contribution in [3.8, 4) is 0 Å². The summed E-state index contributed by atoms with van der Waals surface area (Å²) in [5, 5.41) is 0. The van der Waals surface area contributed by atoms with Gasteiger partial charge in [-0.3, -0.25) is 4.79 Å². The zero-order valence-corrected chi connectivity index (χ0v) is 7.88. The molecule has 1 heterocycles. The summed E-state index contributed by atoms with van der Waals surface area (Å²) in [7, 11) is 0. The topological polar surface area (TPSA) is 46.3 Å². The van der Waals surface area contributed by atoms with Crippen LogP contribution in [-0.4, -0.2) is 12.5 Å². The smallest absolute Gasteiger partial charge is 0.223 e. The van der Waals surface area contributed by atoms with Crippen LogP contribution in [0.15, 0.2) is 12.1 Å². The highest BCUT2D eigenvalue weighted by atomic mass is 19.1. The van der Waals surface area contributed by atoms with Crippen molar-refractivity contribution in [3.05, 3.63) is 23.5 Å². The molecule has 0 atom stereocenters. The molecule has 0 aromatic heterocycles. The number of hydrogen-bond acceptors (Lipinski definition) is 2. The van der Waals surface area contributed by atoms with E-state index in [-0.39, 0.29) is 5.91 Å². The maximum atomic E-state index is 13.5.